The van der Waals surface area contributed by atoms with Gasteiger partial charge in [0.15, 0.2) is 0 Å². The fraction of sp³-hybridized carbons (Fsp3) is 0.250. The fourth-order valence-corrected chi connectivity index (χ4v) is 3.59. The van der Waals surface area contributed by atoms with Crippen molar-refractivity contribution in [2.75, 3.05) is 5.32 Å². The molecule has 25 heavy (non-hydrogen) atoms. The number of hydrogen-bond acceptors (Lipinski definition) is 2. The van der Waals surface area contributed by atoms with Gasteiger partial charge in [-0.15, -0.1) is 0 Å². The summed E-state index contributed by atoms with van der Waals surface area (Å²) in [7, 11) is 0. The highest BCUT2D eigenvalue weighted by Crippen LogP contribution is 2.25. The number of aromatic amines is 1. The third-order valence-corrected chi connectivity index (χ3v) is 5.05. The molecule has 0 radical (unpaired) electrons. The molecule has 0 bridgehead atoms. The van der Waals surface area contributed by atoms with Gasteiger partial charge in [0.05, 0.1) is 11.0 Å². The van der Waals surface area contributed by atoms with Gasteiger partial charge >= 0.3 is 0 Å². The van der Waals surface area contributed by atoms with Crippen LogP contribution >= 0.6 is 15.9 Å². The molecule has 0 amide bonds. The van der Waals surface area contributed by atoms with Crippen molar-refractivity contribution >= 4 is 43.8 Å². The highest BCUT2D eigenvalue weighted by molar-refractivity contribution is 9.10. The van der Waals surface area contributed by atoms with E-state index in [-0.39, 0.29) is 0 Å². The van der Waals surface area contributed by atoms with Crippen molar-refractivity contribution in [3.05, 3.63) is 58.7 Å². The molecule has 0 aliphatic heterocycles. The first kappa shape index (κ1) is 16.2. The number of para-hydroxylation sites is 2. The number of benzene rings is 2. The Bertz CT molecular complexity index is 1020. The number of unbranched alkanes of at least 4 members (excludes halogenated alkanes) is 1. The third-order valence-electron chi connectivity index (χ3n) is 4.56. The Balaban J connectivity index is 1.64. The third kappa shape index (κ3) is 3.16. The Kier molecular flexibility index (Phi) is 4.49. The second-order valence-corrected chi connectivity index (χ2v) is 7.20. The first-order valence-corrected chi connectivity index (χ1v) is 9.50. The summed E-state index contributed by atoms with van der Waals surface area (Å²) in [6.07, 6.45) is 4.39. The number of aryl methyl sites for hydroxylation is 1. The summed E-state index contributed by atoms with van der Waals surface area (Å²) in [5.74, 6) is 0.944. The van der Waals surface area contributed by atoms with Crippen LogP contribution in [0.2, 0.25) is 0 Å². The number of halogens is 1. The number of nitrogens with one attached hydrogen (secondary N) is 2. The quantitative estimate of drug-likeness (QED) is 0.439. The van der Waals surface area contributed by atoms with Gasteiger partial charge in [0, 0.05) is 34.7 Å². The predicted molar refractivity (Wildman–Crippen MR) is 108 cm³/mol. The molecule has 2 aromatic heterocycles. The van der Waals surface area contributed by atoms with Crippen LogP contribution < -0.4 is 5.32 Å². The molecule has 128 valence electrons. The summed E-state index contributed by atoms with van der Waals surface area (Å²) in [6.45, 7) is 3.95. The summed E-state index contributed by atoms with van der Waals surface area (Å²) in [6, 6.07) is 14.6. The van der Waals surface area contributed by atoms with E-state index in [2.05, 4.69) is 80.3 Å². The molecule has 4 nitrogen and oxygen atoms in total. The second-order valence-electron chi connectivity index (χ2n) is 6.29. The summed E-state index contributed by atoms with van der Waals surface area (Å²) in [5.41, 5.74) is 4.63. The zero-order valence-electron chi connectivity index (χ0n) is 14.2. The molecule has 4 rings (SSSR count). The van der Waals surface area contributed by atoms with E-state index in [9.17, 15) is 0 Å². The van der Waals surface area contributed by atoms with Crippen LogP contribution in [0.5, 0.6) is 0 Å². The van der Waals surface area contributed by atoms with E-state index < -0.39 is 0 Å². The van der Waals surface area contributed by atoms with Gasteiger partial charge in [-0.05, 0) is 42.3 Å². The minimum Gasteiger partial charge on any atom is -0.361 e. The summed E-state index contributed by atoms with van der Waals surface area (Å²) < 4.78 is 3.39. The first-order valence-electron chi connectivity index (χ1n) is 8.71. The molecule has 0 saturated carbocycles. The van der Waals surface area contributed by atoms with Crippen LogP contribution in [-0.2, 0) is 13.1 Å². The van der Waals surface area contributed by atoms with E-state index in [1.165, 1.54) is 22.9 Å². The Morgan fingerprint density at radius 1 is 1.20 bits per heavy atom. The second kappa shape index (κ2) is 6.92. The minimum atomic E-state index is 0.742. The van der Waals surface area contributed by atoms with E-state index >= 15 is 0 Å². The highest BCUT2D eigenvalue weighted by Gasteiger charge is 2.11. The topological polar surface area (TPSA) is 45.6 Å². The number of fused-ring (bicyclic) bond motifs is 2. The summed E-state index contributed by atoms with van der Waals surface area (Å²) in [4.78, 5) is 8.13. The van der Waals surface area contributed by atoms with Gasteiger partial charge in [-0.2, -0.15) is 0 Å². The van der Waals surface area contributed by atoms with E-state index in [1.807, 2.05) is 6.07 Å². The number of imidazole rings is 1. The van der Waals surface area contributed by atoms with Crippen molar-refractivity contribution in [1.82, 2.24) is 14.5 Å². The number of hydrogen-bond donors (Lipinski definition) is 2. The molecule has 2 aromatic carbocycles. The van der Waals surface area contributed by atoms with Crippen LogP contribution in [0.3, 0.4) is 0 Å². The molecule has 2 N–H and O–H groups in total. The van der Waals surface area contributed by atoms with Crippen LogP contribution in [0, 0.1) is 0 Å². The Hall–Kier alpha value is -2.27. The molecule has 0 saturated heterocycles. The molecule has 0 aliphatic carbocycles. The van der Waals surface area contributed by atoms with Gasteiger partial charge in [-0.3, -0.25) is 0 Å². The van der Waals surface area contributed by atoms with Gasteiger partial charge in [0.2, 0.25) is 5.95 Å². The number of rotatable bonds is 6. The van der Waals surface area contributed by atoms with Crippen LogP contribution in [0.15, 0.2) is 53.1 Å². The summed E-state index contributed by atoms with van der Waals surface area (Å²) >= 11 is 3.56. The molecule has 4 aromatic rings. The zero-order chi connectivity index (χ0) is 17.2. The van der Waals surface area contributed by atoms with Crippen LogP contribution in [0.1, 0.15) is 25.3 Å². The zero-order valence-corrected chi connectivity index (χ0v) is 15.8. The van der Waals surface area contributed by atoms with Crippen LogP contribution in [0.25, 0.3) is 21.9 Å². The average molecular weight is 397 g/mol. The van der Waals surface area contributed by atoms with Crippen LogP contribution in [-0.4, -0.2) is 14.5 Å². The number of nitrogens with zero attached hydrogens (tertiary/aromatic N) is 2. The number of aromatic nitrogens is 3. The smallest absolute Gasteiger partial charge is 0.204 e. The Labute approximate surface area is 155 Å². The molecule has 0 fully saturated rings. The lowest BCUT2D eigenvalue weighted by Crippen LogP contribution is -2.07. The van der Waals surface area contributed by atoms with Gasteiger partial charge in [-0.1, -0.05) is 41.4 Å². The monoisotopic (exact) mass is 396 g/mol. The maximum Gasteiger partial charge on any atom is 0.204 e. The van der Waals surface area contributed by atoms with Crippen molar-refractivity contribution in [1.29, 1.82) is 0 Å². The molecular weight excluding hydrogens is 376 g/mol. The van der Waals surface area contributed by atoms with Crippen molar-refractivity contribution in [3.8, 4) is 0 Å². The van der Waals surface area contributed by atoms with Crippen LogP contribution in [0.4, 0.5) is 5.95 Å². The molecule has 0 aliphatic rings. The lowest BCUT2D eigenvalue weighted by molar-refractivity contribution is 0.649. The normalized spacial score (nSPS) is 11.4. The fourth-order valence-electron chi connectivity index (χ4n) is 3.22. The first-order chi connectivity index (χ1) is 12.3. The van der Waals surface area contributed by atoms with E-state index in [0.717, 1.165) is 41.0 Å². The van der Waals surface area contributed by atoms with Crippen molar-refractivity contribution in [3.63, 3.8) is 0 Å². The molecule has 0 atom stereocenters. The molecule has 2 heterocycles. The van der Waals surface area contributed by atoms with E-state index in [4.69, 9.17) is 4.98 Å². The highest BCUT2D eigenvalue weighted by atomic mass is 79.9. The number of anilines is 1. The Morgan fingerprint density at radius 3 is 2.96 bits per heavy atom. The average Bonchev–Trinajstić information content (AvgIpc) is 3.18. The lowest BCUT2D eigenvalue weighted by atomic mass is 10.2. The lowest BCUT2D eigenvalue weighted by Gasteiger charge is -2.10. The predicted octanol–water partition coefficient (Wildman–Crippen LogP) is 5.69. The standard InChI is InChI=1S/C20H21BrN4/c1-2-3-10-25-19-7-5-4-6-18(19)24-20(25)23-13-14-12-22-17-9-8-15(21)11-16(14)17/h4-9,11-12,22H,2-3,10,13H2,1H3,(H,23,24). The minimum absolute atomic E-state index is 0.742. The van der Waals surface area contributed by atoms with E-state index in [0.29, 0.717) is 0 Å². The van der Waals surface area contributed by atoms with Crippen molar-refractivity contribution < 1.29 is 0 Å². The largest absolute Gasteiger partial charge is 0.361 e. The number of H-pyrrole nitrogens is 1. The molecule has 0 spiro atoms. The molecule has 0 unspecified atom stereocenters. The summed E-state index contributed by atoms with van der Waals surface area (Å²) in [5, 5.41) is 4.78. The van der Waals surface area contributed by atoms with Crippen molar-refractivity contribution in [2.24, 2.45) is 0 Å². The maximum atomic E-state index is 4.80. The molecule has 5 heteroatoms. The Morgan fingerprint density at radius 2 is 2.08 bits per heavy atom. The maximum absolute atomic E-state index is 4.80. The van der Waals surface area contributed by atoms with E-state index in [1.54, 1.807) is 0 Å². The van der Waals surface area contributed by atoms with Gasteiger partial charge in [-0.25, -0.2) is 4.98 Å². The van der Waals surface area contributed by atoms with Crippen molar-refractivity contribution in [2.45, 2.75) is 32.9 Å². The molecular formula is C20H21BrN4. The SMILES string of the molecule is CCCCn1c(NCc2c[nH]c3ccc(Br)cc23)nc2ccccc21. The van der Waals surface area contributed by atoms with Gasteiger partial charge in [0.1, 0.15) is 0 Å². The van der Waals surface area contributed by atoms with Gasteiger partial charge < -0.3 is 14.9 Å². The van der Waals surface area contributed by atoms with Gasteiger partial charge in [0.25, 0.3) is 0 Å².